The number of rotatable bonds is 11. The van der Waals surface area contributed by atoms with Crippen LogP contribution >= 0.6 is 11.3 Å². The number of hydrogen-bond donors (Lipinski definition) is 1. The maximum atomic E-state index is 11.7. The van der Waals surface area contributed by atoms with Crippen LogP contribution in [0.4, 0.5) is 5.13 Å². The molecule has 0 unspecified atom stereocenters. The van der Waals surface area contributed by atoms with Crippen molar-refractivity contribution in [3.8, 4) is 0 Å². The fraction of sp³-hybridized carbons (Fsp3) is 0.750. The topological polar surface area (TPSA) is 42.0 Å². The van der Waals surface area contributed by atoms with Crippen molar-refractivity contribution in [1.29, 1.82) is 0 Å². The summed E-state index contributed by atoms with van der Waals surface area (Å²) < 4.78 is 0. The first-order chi connectivity index (χ1) is 9.72. The number of nitrogens with one attached hydrogen (secondary N) is 1. The van der Waals surface area contributed by atoms with E-state index in [9.17, 15) is 4.79 Å². The Bertz CT molecular complexity index is 376. The van der Waals surface area contributed by atoms with Crippen LogP contribution in [0.25, 0.3) is 0 Å². The van der Waals surface area contributed by atoms with E-state index in [0.29, 0.717) is 6.42 Å². The van der Waals surface area contributed by atoms with Gasteiger partial charge in [-0.25, -0.2) is 4.98 Å². The average molecular weight is 296 g/mol. The predicted octanol–water partition coefficient (Wildman–Crippen LogP) is 5.31. The summed E-state index contributed by atoms with van der Waals surface area (Å²) in [7, 11) is 0. The van der Waals surface area contributed by atoms with Crippen LogP contribution < -0.4 is 5.32 Å². The summed E-state index contributed by atoms with van der Waals surface area (Å²) in [6.45, 7) is 4.24. The van der Waals surface area contributed by atoms with Crippen LogP contribution in [0.5, 0.6) is 0 Å². The van der Waals surface area contributed by atoms with Gasteiger partial charge in [-0.15, -0.1) is 11.3 Å². The number of carbonyl (C=O) groups excluding carboxylic acids is 1. The molecule has 0 saturated carbocycles. The average Bonchev–Trinajstić information content (AvgIpc) is 2.82. The molecule has 0 aromatic carbocycles. The Hall–Kier alpha value is -0.900. The molecule has 4 heteroatoms. The minimum atomic E-state index is 0.0993. The third kappa shape index (κ3) is 8.31. The van der Waals surface area contributed by atoms with E-state index < -0.39 is 0 Å². The van der Waals surface area contributed by atoms with Gasteiger partial charge < -0.3 is 5.32 Å². The lowest BCUT2D eigenvalue weighted by molar-refractivity contribution is -0.116. The molecule has 0 atom stereocenters. The lowest BCUT2D eigenvalue weighted by Crippen LogP contribution is -2.10. The van der Waals surface area contributed by atoms with E-state index in [1.54, 1.807) is 6.20 Å². The lowest BCUT2D eigenvalue weighted by atomic mass is 10.1. The maximum Gasteiger partial charge on any atom is 0.226 e. The van der Waals surface area contributed by atoms with Gasteiger partial charge in [-0.2, -0.15) is 0 Å². The number of unbranched alkanes of at least 4 members (excludes halogenated alkanes) is 8. The van der Waals surface area contributed by atoms with Crippen molar-refractivity contribution in [1.82, 2.24) is 4.98 Å². The molecule has 1 rings (SSSR count). The van der Waals surface area contributed by atoms with Gasteiger partial charge in [-0.05, 0) is 13.3 Å². The van der Waals surface area contributed by atoms with Crippen LogP contribution in [-0.4, -0.2) is 10.9 Å². The van der Waals surface area contributed by atoms with Gasteiger partial charge in [0.15, 0.2) is 5.13 Å². The van der Waals surface area contributed by atoms with E-state index in [1.807, 2.05) is 6.92 Å². The molecule has 1 N–H and O–H groups in total. The van der Waals surface area contributed by atoms with Gasteiger partial charge in [0.1, 0.15) is 0 Å². The molecule has 114 valence electrons. The number of thiazole rings is 1. The summed E-state index contributed by atoms with van der Waals surface area (Å²) in [5.74, 6) is 0.0993. The first-order valence-corrected chi connectivity index (χ1v) is 8.76. The van der Waals surface area contributed by atoms with Crippen LogP contribution in [0.3, 0.4) is 0 Å². The van der Waals surface area contributed by atoms with Crippen molar-refractivity contribution in [3.63, 3.8) is 0 Å². The molecule has 1 heterocycles. The van der Waals surface area contributed by atoms with E-state index in [0.717, 1.165) is 22.9 Å². The molecule has 0 radical (unpaired) electrons. The second-order valence-corrected chi connectivity index (χ2v) is 6.64. The fourth-order valence-electron chi connectivity index (χ4n) is 2.19. The first kappa shape index (κ1) is 17.2. The molecular weight excluding hydrogens is 268 g/mol. The van der Waals surface area contributed by atoms with Gasteiger partial charge in [0.2, 0.25) is 5.91 Å². The molecule has 1 aromatic heterocycles. The van der Waals surface area contributed by atoms with E-state index in [-0.39, 0.29) is 5.91 Å². The van der Waals surface area contributed by atoms with Gasteiger partial charge in [0.05, 0.1) is 0 Å². The van der Waals surface area contributed by atoms with Gasteiger partial charge >= 0.3 is 0 Å². The highest BCUT2D eigenvalue weighted by Gasteiger charge is 2.04. The Balaban J connectivity index is 1.92. The molecule has 1 amide bonds. The number of amides is 1. The van der Waals surface area contributed by atoms with Gasteiger partial charge in [-0.1, -0.05) is 58.3 Å². The third-order valence-electron chi connectivity index (χ3n) is 3.38. The van der Waals surface area contributed by atoms with Crippen LogP contribution in [-0.2, 0) is 4.79 Å². The Kier molecular flexibility index (Phi) is 9.29. The van der Waals surface area contributed by atoms with Gasteiger partial charge in [0, 0.05) is 17.5 Å². The zero-order valence-electron chi connectivity index (χ0n) is 12.9. The Morgan fingerprint density at radius 2 is 1.70 bits per heavy atom. The first-order valence-electron chi connectivity index (χ1n) is 7.94. The molecule has 20 heavy (non-hydrogen) atoms. The minimum absolute atomic E-state index is 0.0993. The summed E-state index contributed by atoms with van der Waals surface area (Å²) in [6.07, 6.45) is 13.9. The highest BCUT2D eigenvalue weighted by molar-refractivity contribution is 7.15. The highest BCUT2D eigenvalue weighted by Crippen LogP contribution is 2.17. The van der Waals surface area contributed by atoms with Crippen molar-refractivity contribution >= 4 is 22.4 Å². The van der Waals surface area contributed by atoms with Crippen LogP contribution in [0, 0.1) is 6.92 Å². The molecule has 1 aromatic rings. The molecule has 0 fully saturated rings. The van der Waals surface area contributed by atoms with E-state index >= 15 is 0 Å². The smallest absolute Gasteiger partial charge is 0.226 e. The lowest BCUT2D eigenvalue weighted by Gasteiger charge is -2.02. The fourth-order valence-corrected chi connectivity index (χ4v) is 2.87. The molecule has 0 aliphatic heterocycles. The molecule has 0 saturated heterocycles. The van der Waals surface area contributed by atoms with E-state index in [4.69, 9.17) is 0 Å². The zero-order chi connectivity index (χ0) is 14.6. The normalized spacial score (nSPS) is 10.7. The second kappa shape index (κ2) is 10.8. The Morgan fingerprint density at radius 3 is 2.25 bits per heavy atom. The van der Waals surface area contributed by atoms with Gasteiger partial charge in [0.25, 0.3) is 0 Å². The van der Waals surface area contributed by atoms with Crippen molar-refractivity contribution in [3.05, 3.63) is 11.1 Å². The summed E-state index contributed by atoms with van der Waals surface area (Å²) >= 11 is 1.53. The quantitative estimate of drug-likeness (QED) is 0.562. The standard InChI is InChI=1S/C16H28N2OS/c1-3-4-5-6-7-8-9-10-11-12-15(19)18-16-17-13-14(2)20-16/h13H,3-12H2,1-2H3,(H,17,18,19). The van der Waals surface area contributed by atoms with Crippen LogP contribution in [0.2, 0.25) is 0 Å². The van der Waals surface area contributed by atoms with Crippen molar-refractivity contribution in [2.45, 2.75) is 78.1 Å². The summed E-state index contributed by atoms with van der Waals surface area (Å²) in [6, 6.07) is 0. The van der Waals surface area contributed by atoms with Gasteiger partial charge in [-0.3, -0.25) is 4.79 Å². The van der Waals surface area contributed by atoms with Crippen LogP contribution in [0.15, 0.2) is 6.20 Å². The van der Waals surface area contributed by atoms with E-state index in [1.165, 1.54) is 56.3 Å². The maximum absolute atomic E-state index is 11.7. The van der Waals surface area contributed by atoms with E-state index in [2.05, 4.69) is 17.2 Å². The predicted molar refractivity (Wildman–Crippen MR) is 87.3 cm³/mol. The number of anilines is 1. The number of aryl methyl sites for hydroxylation is 1. The molecule has 0 aliphatic carbocycles. The highest BCUT2D eigenvalue weighted by atomic mass is 32.1. The van der Waals surface area contributed by atoms with Crippen molar-refractivity contribution < 1.29 is 4.79 Å². The number of hydrogen-bond acceptors (Lipinski definition) is 3. The number of aromatic nitrogens is 1. The minimum Gasteiger partial charge on any atom is -0.302 e. The summed E-state index contributed by atoms with van der Waals surface area (Å²) in [5, 5.41) is 3.58. The molecular formula is C16H28N2OS. The third-order valence-corrected chi connectivity index (χ3v) is 4.20. The molecule has 3 nitrogen and oxygen atoms in total. The van der Waals surface area contributed by atoms with Crippen molar-refractivity contribution in [2.75, 3.05) is 5.32 Å². The molecule has 0 bridgehead atoms. The number of carbonyl (C=O) groups is 1. The summed E-state index contributed by atoms with van der Waals surface area (Å²) in [4.78, 5) is 16.9. The zero-order valence-corrected chi connectivity index (χ0v) is 13.7. The summed E-state index contributed by atoms with van der Waals surface area (Å²) in [5.41, 5.74) is 0. The van der Waals surface area contributed by atoms with Crippen molar-refractivity contribution in [2.24, 2.45) is 0 Å². The largest absolute Gasteiger partial charge is 0.302 e. The number of nitrogens with zero attached hydrogens (tertiary/aromatic N) is 1. The Labute approximate surface area is 127 Å². The Morgan fingerprint density at radius 1 is 1.10 bits per heavy atom. The van der Waals surface area contributed by atoms with Crippen LogP contribution in [0.1, 0.15) is 76.0 Å². The molecule has 0 aliphatic rings. The molecule has 0 spiro atoms. The second-order valence-electron chi connectivity index (χ2n) is 5.40. The SMILES string of the molecule is CCCCCCCCCCCC(=O)Nc1ncc(C)s1. The monoisotopic (exact) mass is 296 g/mol.